The van der Waals surface area contributed by atoms with Gasteiger partial charge < -0.3 is 15.0 Å². The van der Waals surface area contributed by atoms with E-state index in [4.69, 9.17) is 4.74 Å². The predicted octanol–water partition coefficient (Wildman–Crippen LogP) is 2.90. The number of hydrogen-bond acceptors (Lipinski definition) is 5. The monoisotopic (exact) mass is 416 g/mol. The normalized spacial score (nSPS) is 26.5. The van der Waals surface area contributed by atoms with Crippen molar-refractivity contribution in [2.24, 2.45) is 5.92 Å². The topological polar surface area (TPSA) is 57.7 Å². The minimum Gasteiger partial charge on any atom is -0.375 e. The molecule has 2 atom stereocenters. The molecule has 30 heavy (non-hydrogen) atoms. The zero-order valence-corrected chi connectivity index (χ0v) is 19.5. The zero-order valence-electron chi connectivity index (χ0n) is 19.5. The van der Waals surface area contributed by atoms with E-state index in [0.29, 0.717) is 12.5 Å². The Morgan fingerprint density at radius 1 is 1.20 bits per heavy atom. The van der Waals surface area contributed by atoms with Crippen LogP contribution in [0.5, 0.6) is 0 Å². The number of piperazine rings is 1. The molecule has 168 valence electrons. The smallest absolute Gasteiger partial charge is 0.228 e. The van der Waals surface area contributed by atoms with Gasteiger partial charge in [0, 0.05) is 57.6 Å². The van der Waals surface area contributed by atoms with Crippen molar-refractivity contribution >= 4 is 5.91 Å². The molecular formula is C24H40N4O2. The van der Waals surface area contributed by atoms with Crippen LogP contribution in [0.15, 0.2) is 24.4 Å². The largest absolute Gasteiger partial charge is 0.375 e. The van der Waals surface area contributed by atoms with E-state index >= 15 is 0 Å². The van der Waals surface area contributed by atoms with Crippen LogP contribution in [0.3, 0.4) is 0 Å². The van der Waals surface area contributed by atoms with Crippen molar-refractivity contribution in [2.45, 2.75) is 64.5 Å². The van der Waals surface area contributed by atoms with E-state index in [1.165, 1.54) is 0 Å². The summed E-state index contributed by atoms with van der Waals surface area (Å²) in [6.07, 6.45) is 3.64. The van der Waals surface area contributed by atoms with E-state index in [9.17, 15) is 4.79 Å². The second-order valence-electron chi connectivity index (χ2n) is 10.1. The van der Waals surface area contributed by atoms with Gasteiger partial charge >= 0.3 is 0 Å². The first kappa shape index (κ1) is 23.2. The average Bonchev–Trinajstić information content (AvgIpc) is 2.71. The highest BCUT2D eigenvalue weighted by Gasteiger charge is 2.46. The molecule has 0 bridgehead atoms. The summed E-state index contributed by atoms with van der Waals surface area (Å²) in [5.41, 5.74) is 0.592. The van der Waals surface area contributed by atoms with Crippen LogP contribution < -0.4 is 5.32 Å². The lowest BCUT2D eigenvalue weighted by molar-refractivity contribution is -0.134. The first-order valence-corrected chi connectivity index (χ1v) is 11.5. The number of carbonyl (C=O) groups is 1. The van der Waals surface area contributed by atoms with E-state index in [0.717, 1.165) is 57.9 Å². The summed E-state index contributed by atoms with van der Waals surface area (Å²) in [6.45, 7) is 17.7. The number of rotatable bonds is 7. The van der Waals surface area contributed by atoms with Gasteiger partial charge in [0.15, 0.2) is 0 Å². The molecule has 1 aromatic heterocycles. The molecule has 0 aliphatic carbocycles. The van der Waals surface area contributed by atoms with Gasteiger partial charge in [0.1, 0.15) is 0 Å². The SMILES string of the molecule is CC(C)CN1CCN(C2(CNC(=O)C(C)c3ccccn3)CCOC(C)(C)C2)CC1. The summed E-state index contributed by atoms with van der Waals surface area (Å²) in [4.78, 5) is 22.5. The van der Waals surface area contributed by atoms with Crippen LogP contribution in [0.2, 0.25) is 0 Å². The maximum atomic E-state index is 12.9. The standard InChI is InChI=1S/C24H40N4O2/c1-19(2)16-27-11-13-28(14-12-27)24(9-15-30-23(4,5)17-24)18-26-22(29)20(3)21-8-6-7-10-25-21/h6-8,10,19-20H,9,11-18H2,1-5H3,(H,26,29). The molecule has 0 radical (unpaired) electrons. The molecule has 2 saturated heterocycles. The molecular weight excluding hydrogens is 376 g/mol. The number of pyridine rings is 1. The Labute approximate surface area is 182 Å². The fraction of sp³-hybridized carbons (Fsp3) is 0.750. The van der Waals surface area contributed by atoms with Gasteiger partial charge in [0.05, 0.1) is 17.2 Å². The van der Waals surface area contributed by atoms with Crippen LogP contribution in [-0.2, 0) is 9.53 Å². The molecule has 2 aliphatic heterocycles. The fourth-order valence-electron chi connectivity index (χ4n) is 5.07. The minimum absolute atomic E-state index is 0.0504. The molecule has 1 amide bonds. The second kappa shape index (κ2) is 9.75. The number of nitrogens with zero attached hydrogens (tertiary/aromatic N) is 3. The molecule has 6 heteroatoms. The number of ether oxygens (including phenoxy) is 1. The third kappa shape index (κ3) is 5.80. The van der Waals surface area contributed by atoms with Gasteiger partial charge in [0.2, 0.25) is 5.91 Å². The van der Waals surface area contributed by atoms with Gasteiger partial charge in [-0.05, 0) is 51.7 Å². The highest BCUT2D eigenvalue weighted by molar-refractivity contribution is 5.82. The lowest BCUT2D eigenvalue weighted by Gasteiger charge is -2.53. The van der Waals surface area contributed by atoms with Gasteiger partial charge in [-0.3, -0.25) is 14.7 Å². The number of nitrogens with one attached hydrogen (secondary N) is 1. The van der Waals surface area contributed by atoms with E-state index in [1.54, 1.807) is 6.20 Å². The van der Waals surface area contributed by atoms with Crippen molar-refractivity contribution in [3.8, 4) is 0 Å². The molecule has 3 heterocycles. The third-order valence-electron chi connectivity index (χ3n) is 6.60. The highest BCUT2D eigenvalue weighted by atomic mass is 16.5. The summed E-state index contributed by atoms with van der Waals surface area (Å²) in [6, 6.07) is 5.74. The molecule has 0 aromatic carbocycles. The first-order chi connectivity index (χ1) is 14.2. The van der Waals surface area contributed by atoms with Crippen LogP contribution in [0.25, 0.3) is 0 Å². The van der Waals surface area contributed by atoms with Crippen molar-refractivity contribution in [1.82, 2.24) is 20.1 Å². The van der Waals surface area contributed by atoms with Crippen LogP contribution >= 0.6 is 0 Å². The molecule has 2 unspecified atom stereocenters. The number of aromatic nitrogens is 1. The van der Waals surface area contributed by atoms with Crippen LogP contribution in [0, 0.1) is 5.92 Å². The number of hydrogen-bond donors (Lipinski definition) is 1. The predicted molar refractivity (Wildman–Crippen MR) is 121 cm³/mol. The quantitative estimate of drug-likeness (QED) is 0.741. The van der Waals surface area contributed by atoms with Gasteiger partial charge in [-0.1, -0.05) is 19.9 Å². The zero-order chi connectivity index (χ0) is 21.8. The summed E-state index contributed by atoms with van der Waals surface area (Å²) in [7, 11) is 0. The average molecular weight is 417 g/mol. The Kier molecular flexibility index (Phi) is 7.53. The lowest BCUT2D eigenvalue weighted by Crippen LogP contribution is -2.65. The summed E-state index contributed by atoms with van der Waals surface area (Å²) >= 11 is 0. The van der Waals surface area contributed by atoms with E-state index in [1.807, 2.05) is 25.1 Å². The molecule has 6 nitrogen and oxygen atoms in total. The third-order valence-corrected chi connectivity index (χ3v) is 6.60. The molecule has 1 aromatic rings. The first-order valence-electron chi connectivity index (χ1n) is 11.5. The van der Waals surface area contributed by atoms with Crippen LogP contribution in [0.1, 0.15) is 59.1 Å². The summed E-state index contributed by atoms with van der Waals surface area (Å²) in [5.74, 6) is 0.495. The molecule has 0 saturated carbocycles. The minimum atomic E-state index is -0.251. The van der Waals surface area contributed by atoms with Crippen LogP contribution in [-0.4, -0.2) is 77.7 Å². The van der Waals surface area contributed by atoms with Crippen molar-refractivity contribution in [1.29, 1.82) is 0 Å². The Bertz CT molecular complexity index is 686. The van der Waals surface area contributed by atoms with Crippen molar-refractivity contribution in [2.75, 3.05) is 45.9 Å². The van der Waals surface area contributed by atoms with Crippen molar-refractivity contribution < 1.29 is 9.53 Å². The van der Waals surface area contributed by atoms with Crippen molar-refractivity contribution in [3.05, 3.63) is 30.1 Å². The molecule has 2 fully saturated rings. The van der Waals surface area contributed by atoms with Crippen LogP contribution in [0.4, 0.5) is 0 Å². The number of carbonyl (C=O) groups excluding carboxylic acids is 1. The van der Waals surface area contributed by atoms with Gasteiger partial charge in [-0.25, -0.2) is 0 Å². The Hall–Kier alpha value is -1.50. The Morgan fingerprint density at radius 2 is 1.93 bits per heavy atom. The van der Waals surface area contributed by atoms with Gasteiger partial charge in [0.25, 0.3) is 0 Å². The maximum Gasteiger partial charge on any atom is 0.228 e. The highest BCUT2D eigenvalue weighted by Crippen LogP contribution is 2.37. The number of amides is 1. The van der Waals surface area contributed by atoms with E-state index in [-0.39, 0.29) is 23.0 Å². The molecule has 0 spiro atoms. The molecule has 1 N–H and O–H groups in total. The molecule has 3 rings (SSSR count). The Balaban J connectivity index is 1.68. The summed E-state index contributed by atoms with van der Waals surface area (Å²) in [5, 5.41) is 3.28. The van der Waals surface area contributed by atoms with E-state index in [2.05, 4.69) is 47.8 Å². The van der Waals surface area contributed by atoms with E-state index < -0.39 is 0 Å². The van der Waals surface area contributed by atoms with Gasteiger partial charge in [-0.15, -0.1) is 0 Å². The van der Waals surface area contributed by atoms with Gasteiger partial charge in [-0.2, -0.15) is 0 Å². The molecule has 2 aliphatic rings. The second-order valence-corrected chi connectivity index (χ2v) is 10.1. The fourth-order valence-corrected chi connectivity index (χ4v) is 5.07. The Morgan fingerprint density at radius 3 is 2.53 bits per heavy atom. The van der Waals surface area contributed by atoms with Crippen molar-refractivity contribution in [3.63, 3.8) is 0 Å². The maximum absolute atomic E-state index is 12.9. The lowest BCUT2D eigenvalue weighted by atomic mass is 9.79. The summed E-state index contributed by atoms with van der Waals surface area (Å²) < 4.78 is 6.05.